The van der Waals surface area contributed by atoms with Crippen LogP contribution >= 0.6 is 0 Å². The molecule has 0 spiro atoms. The third-order valence-electron chi connectivity index (χ3n) is 3.81. The molecule has 0 bridgehead atoms. The lowest BCUT2D eigenvalue weighted by molar-refractivity contribution is -0.137. The Labute approximate surface area is 166 Å². The third kappa shape index (κ3) is 5.39. The van der Waals surface area contributed by atoms with E-state index >= 15 is 0 Å². The van der Waals surface area contributed by atoms with Crippen LogP contribution in [0.25, 0.3) is 11.0 Å². The SMILES string of the molecule is C[Si](C)(C)C#Cc1ccc2[nH]cc(NC(=O)Nc3ccc(C(F)(F)F)cc3)c2n1. The molecule has 0 fully saturated rings. The number of alkyl halides is 3. The molecule has 3 N–H and O–H groups in total. The summed E-state index contributed by atoms with van der Waals surface area (Å²) >= 11 is 0. The first-order valence-corrected chi connectivity index (χ1v) is 12.3. The molecular weight excluding hydrogens is 397 g/mol. The predicted molar refractivity (Wildman–Crippen MR) is 110 cm³/mol. The van der Waals surface area contributed by atoms with Gasteiger partial charge in [-0.3, -0.25) is 0 Å². The van der Waals surface area contributed by atoms with Crippen LogP contribution < -0.4 is 10.6 Å². The number of fused-ring (bicyclic) bond motifs is 1. The second-order valence-electron chi connectivity index (χ2n) is 7.45. The van der Waals surface area contributed by atoms with Crippen molar-refractivity contribution >= 4 is 36.5 Å². The van der Waals surface area contributed by atoms with Gasteiger partial charge in [0.1, 0.15) is 19.3 Å². The van der Waals surface area contributed by atoms with E-state index in [1.165, 1.54) is 12.1 Å². The monoisotopic (exact) mass is 416 g/mol. The van der Waals surface area contributed by atoms with Gasteiger partial charge in [-0.25, -0.2) is 9.78 Å². The van der Waals surface area contributed by atoms with Crippen molar-refractivity contribution in [3.8, 4) is 11.5 Å². The van der Waals surface area contributed by atoms with Crippen LogP contribution in [-0.2, 0) is 6.18 Å². The van der Waals surface area contributed by atoms with Gasteiger partial charge in [-0.1, -0.05) is 25.6 Å². The van der Waals surface area contributed by atoms with Gasteiger partial charge in [0, 0.05) is 11.9 Å². The molecule has 150 valence electrons. The van der Waals surface area contributed by atoms with E-state index in [4.69, 9.17) is 0 Å². The summed E-state index contributed by atoms with van der Waals surface area (Å²) in [6.07, 6.45) is -2.83. The Morgan fingerprint density at radius 2 is 1.76 bits per heavy atom. The van der Waals surface area contributed by atoms with Crippen LogP contribution in [-0.4, -0.2) is 24.1 Å². The summed E-state index contributed by atoms with van der Waals surface area (Å²) in [6.45, 7) is 6.40. The van der Waals surface area contributed by atoms with E-state index in [1.807, 2.05) is 6.07 Å². The molecule has 0 aliphatic carbocycles. The summed E-state index contributed by atoms with van der Waals surface area (Å²) in [4.78, 5) is 19.7. The summed E-state index contributed by atoms with van der Waals surface area (Å²) in [5.41, 5.74) is 5.03. The molecule has 2 aromatic heterocycles. The van der Waals surface area contributed by atoms with Crippen LogP contribution in [0.2, 0.25) is 19.6 Å². The van der Waals surface area contributed by atoms with Crippen LogP contribution in [0.5, 0.6) is 0 Å². The van der Waals surface area contributed by atoms with Gasteiger partial charge < -0.3 is 15.6 Å². The Morgan fingerprint density at radius 1 is 1.07 bits per heavy atom. The molecule has 0 radical (unpaired) electrons. The summed E-state index contributed by atoms with van der Waals surface area (Å²) in [7, 11) is -1.55. The molecule has 0 atom stereocenters. The average Bonchev–Trinajstić information content (AvgIpc) is 3.01. The minimum Gasteiger partial charge on any atom is -0.358 e. The minimum absolute atomic E-state index is 0.241. The van der Waals surface area contributed by atoms with Gasteiger partial charge in [0.2, 0.25) is 0 Å². The number of anilines is 2. The maximum atomic E-state index is 12.6. The number of pyridine rings is 1. The van der Waals surface area contributed by atoms with Gasteiger partial charge in [0.05, 0.1) is 16.8 Å². The van der Waals surface area contributed by atoms with E-state index < -0.39 is 25.8 Å². The van der Waals surface area contributed by atoms with Crippen molar-refractivity contribution in [3.05, 3.63) is 53.9 Å². The Hall–Kier alpha value is -3.25. The van der Waals surface area contributed by atoms with Gasteiger partial charge in [0.25, 0.3) is 0 Å². The van der Waals surface area contributed by atoms with Crippen LogP contribution in [0.3, 0.4) is 0 Å². The quantitative estimate of drug-likeness (QED) is 0.384. The standard InChI is InChI=1S/C20H19F3N4OSi/c1-29(2,3)11-10-15-8-9-16-18(25-15)17(12-24-16)27-19(28)26-14-6-4-13(5-7-14)20(21,22)23/h4-9,12,24H,1-3H3,(H2,26,27,28). The summed E-state index contributed by atoms with van der Waals surface area (Å²) in [6, 6.07) is 7.25. The molecule has 2 amide bonds. The number of urea groups is 1. The number of H-pyrrole nitrogens is 1. The number of hydrogen-bond donors (Lipinski definition) is 3. The highest BCUT2D eigenvalue weighted by atomic mass is 28.3. The Bertz CT molecular complexity index is 1100. The molecule has 0 unspecified atom stereocenters. The first-order chi connectivity index (χ1) is 13.5. The highest BCUT2D eigenvalue weighted by Gasteiger charge is 2.30. The Balaban J connectivity index is 1.75. The molecule has 5 nitrogen and oxygen atoms in total. The molecule has 0 aliphatic heterocycles. The summed E-state index contributed by atoms with van der Waals surface area (Å²) in [5.74, 6) is 3.07. The third-order valence-corrected chi connectivity index (χ3v) is 4.68. The van der Waals surface area contributed by atoms with E-state index in [1.54, 1.807) is 12.3 Å². The van der Waals surface area contributed by atoms with E-state index in [9.17, 15) is 18.0 Å². The normalized spacial score (nSPS) is 11.7. The lowest BCUT2D eigenvalue weighted by atomic mass is 10.2. The van der Waals surface area contributed by atoms with Crippen LogP contribution in [0.1, 0.15) is 11.3 Å². The molecule has 0 saturated carbocycles. The molecule has 2 heterocycles. The van der Waals surface area contributed by atoms with Crippen LogP contribution in [0.4, 0.5) is 29.3 Å². The van der Waals surface area contributed by atoms with Gasteiger partial charge >= 0.3 is 12.2 Å². The number of benzene rings is 1. The van der Waals surface area contributed by atoms with Crippen molar-refractivity contribution < 1.29 is 18.0 Å². The zero-order chi connectivity index (χ0) is 21.2. The van der Waals surface area contributed by atoms with E-state index in [2.05, 4.69) is 51.7 Å². The fourth-order valence-electron chi connectivity index (χ4n) is 2.44. The number of halogens is 3. The van der Waals surface area contributed by atoms with Crippen molar-refractivity contribution in [2.24, 2.45) is 0 Å². The lowest BCUT2D eigenvalue weighted by Gasteiger charge is -2.09. The second kappa shape index (κ2) is 7.64. The van der Waals surface area contributed by atoms with Gasteiger partial charge in [0.15, 0.2) is 0 Å². The van der Waals surface area contributed by atoms with E-state index in [-0.39, 0.29) is 5.69 Å². The molecule has 3 rings (SSSR count). The van der Waals surface area contributed by atoms with Crippen molar-refractivity contribution in [1.29, 1.82) is 0 Å². The van der Waals surface area contributed by atoms with Gasteiger partial charge in [-0.05, 0) is 36.4 Å². The first kappa shape index (κ1) is 20.5. The molecule has 9 heteroatoms. The summed E-state index contributed by atoms with van der Waals surface area (Å²) < 4.78 is 37.9. The highest BCUT2D eigenvalue weighted by molar-refractivity contribution is 6.83. The molecule has 29 heavy (non-hydrogen) atoms. The van der Waals surface area contributed by atoms with Gasteiger partial charge in [-0.2, -0.15) is 13.2 Å². The smallest absolute Gasteiger partial charge is 0.358 e. The largest absolute Gasteiger partial charge is 0.416 e. The fraction of sp³-hybridized carbons (Fsp3) is 0.200. The number of aromatic amines is 1. The zero-order valence-electron chi connectivity index (χ0n) is 16.0. The number of carbonyl (C=O) groups excluding carboxylic acids is 1. The number of aromatic nitrogens is 2. The number of amides is 2. The maximum Gasteiger partial charge on any atom is 0.416 e. The first-order valence-electron chi connectivity index (χ1n) is 8.78. The topological polar surface area (TPSA) is 69.8 Å². The second-order valence-corrected chi connectivity index (χ2v) is 12.2. The molecule has 3 aromatic rings. The minimum atomic E-state index is -4.42. The Kier molecular flexibility index (Phi) is 5.39. The average molecular weight is 416 g/mol. The number of carbonyl (C=O) groups is 1. The number of nitrogens with one attached hydrogen (secondary N) is 3. The van der Waals surface area contributed by atoms with E-state index in [0.29, 0.717) is 16.9 Å². The molecular formula is C20H19F3N4OSi. The summed E-state index contributed by atoms with van der Waals surface area (Å²) in [5, 5.41) is 5.15. The van der Waals surface area contributed by atoms with E-state index in [0.717, 1.165) is 17.6 Å². The fourth-order valence-corrected chi connectivity index (χ4v) is 2.95. The number of hydrogen-bond acceptors (Lipinski definition) is 2. The number of rotatable bonds is 2. The van der Waals surface area contributed by atoms with Crippen LogP contribution in [0.15, 0.2) is 42.6 Å². The maximum absolute atomic E-state index is 12.6. The molecule has 0 saturated heterocycles. The molecule has 0 aliphatic rings. The van der Waals surface area contributed by atoms with Crippen molar-refractivity contribution in [2.75, 3.05) is 10.6 Å². The lowest BCUT2D eigenvalue weighted by Crippen LogP contribution is -2.19. The molecule has 1 aromatic carbocycles. The van der Waals surface area contributed by atoms with Crippen molar-refractivity contribution in [2.45, 2.75) is 25.8 Å². The number of nitrogens with zero attached hydrogens (tertiary/aromatic N) is 1. The van der Waals surface area contributed by atoms with Crippen LogP contribution in [0, 0.1) is 11.5 Å². The van der Waals surface area contributed by atoms with Crippen molar-refractivity contribution in [1.82, 2.24) is 9.97 Å². The zero-order valence-corrected chi connectivity index (χ0v) is 17.0. The predicted octanol–water partition coefficient (Wildman–Crippen LogP) is 5.45. The Morgan fingerprint density at radius 3 is 2.38 bits per heavy atom. The highest BCUT2D eigenvalue weighted by Crippen LogP contribution is 2.30. The van der Waals surface area contributed by atoms with Crippen molar-refractivity contribution in [3.63, 3.8) is 0 Å². The van der Waals surface area contributed by atoms with Gasteiger partial charge in [-0.15, -0.1) is 5.54 Å².